The number of amides is 3. The highest BCUT2D eigenvalue weighted by atomic mass is 32.2. The molecule has 4 aromatic rings. The Hall–Kier alpha value is -5.95. The Morgan fingerprint density at radius 3 is 2.39 bits per heavy atom. The number of methoxy groups -OCH3 is 3. The molecule has 0 radical (unpaired) electrons. The van der Waals surface area contributed by atoms with Crippen LogP contribution in [-0.2, 0) is 4.79 Å². The second-order valence-corrected chi connectivity index (χ2v) is 9.49. The lowest BCUT2D eigenvalue weighted by Crippen LogP contribution is -2.35. The van der Waals surface area contributed by atoms with E-state index in [0.717, 1.165) is 11.8 Å². The van der Waals surface area contributed by atoms with Crippen molar-refractivity contribution in [2.75, 3.05) is 37.7 Å². The first-order valence-electron chi connectivity index (χ1n) is 12.5. The molecule has 3 amide bonds. The van der Waals surface area contributed by atoms with Crippen LogP contribution >= 0.6 is 11.8 Å². The van der Waals surface area contributed by atoms with Gasteiger partial charge in [-0.1, -0.05) is 23.9 Å². The third-order valence-corrected chi connectivity index (χ3v) is 6.60. The Bertz CT molecular complexity index is 1720. The number of nitrogens with one attached hydrogen (secondary N) is 3. The van der Waals surface area contributed by atoms with Crippen LogP contribution in [0, 0.1) is 21.4 Å². The molecule has 0 aliphatic carbocycles. The highest BCUT2D eigenvalue weighted by Crippen LogP contribution is 2.42. The lowest BCUT2D eigenvalue weighted by atomic mass is 10.1. The Balaban J connectivity index is 1.70. The molecule has 2 heterocycles. The number of hydrogen-bond donors (Lipinski definition) is 3. The molecular weight excluding hydrogens is 592 g/mol. The van der Waals surface area contributed by atoms with Crippen molar-refractivity contribution in [1.29, 1.82) is 5.26 Å². The van der Waals surface area contributed by atoms with Crippen molar-refractivity contribution in [2.45, 2.75) is 5.16 Å². The predicted octanol–water partition coefficient (Wildman–Crippen LogP) is 4.53. The highest BCUT2D eigenvalue weighted by molar-refractivity contribution is 7.99. The molecule has 0 fully saturated rings. The number of carbonyl (C=O) groups excluding carboxylic acids is 2. The fraction of sp³-hybridized carbons (Fsp3) is 0.143. The predicted molar refractivity (Wildman–Crippen MR) is 160 cm³/mol. The summed E-state index contributed by atoms with van der Waals surface area (Å²) in [6, 6.07) is 15.0. The molecule has 2 aromatic heterocycles. The van der Waals surface area contributed by atoms with E-state index in [1.54, 1.807) is 36.4 Å². The smallest absolute Gasteiger partial charge is 0.327 e. The number of anilines is 3. The van der Waals surface area contributed by atoms with E-state index < -0.39 is 16.9 Å². The summed E-state index contributed by atoms with van der Waals surface area (Å²) in [5.74, 6) is 0.257. The van der Waals surface area contributed by atoms with Crippen molar-refractivity contribution in [2.24, 2.45) is 0 Å². The van der Waals surface area contributed by atoms with Crippen LogP contribution in [0.4, 0.5) is 27.8 Å². The van der Waals surface area contributed by atoms with E-state index in [4.69, 9.17) is 14.2 Å². The summed E-state index contributed by atoms with van der Waals surface area (Å²) in [7, 11) is 4.32. The summed E-state index contributed by atoms with van der Waals surface area (Å²) in [5, 5.41) is 29.1. The second-order valence-electron chi connectivity index (χ2n) is 8.54. The summed E-state index contributed by atoms with van der Waals surface area (Å²) < 4.78 is 16.3. The third kappa shape index (κ3) is 7.46. The molecule has 0 aliphatic heterocycles. The van der Waals surface area contributed by atoms with Crippen LogP contribution in [0.1, 0.15) is 5.56 Å². The molecule has 16 heteroatoms. The summed E-state index contributed by atoms with van der Waals surface area (Å²) in [5.41, 5.74) is 0.634. The maximum Gasteiger partial charge on any atom is 0.327 e. The van der Waals surface area contributed by atoms with Gasteiger partial charge in [0.05, 0.1) is 37.7 Å². The van der Waals surface area contributed by atoms with Crippen molar-refractivity contribution in [3.63, 3.8) is 0 Å². The Kier molecular flexibility index (Phi) is 10.1. The van der Waals surface area contributed by atoms with Crippen LogP contribution in [0.15, 0.2) is 66.0 Å². The van der Waals surface area contributed by atoms with Crippen LogP contribution in [0.2, 0.25) is 0 Å². The molecular formula is C28H24N8O7S. The second kappa shape index (κ2) is 14.3. The highest BCUT2D eigenvalue weighted by Gasteiger charge is 2.22. The van der Waals surface area contributed by atoms with E-state index in [1.807, 2.05) is 0 Å². The molecule has 0 aliphatic rings. The maximum atomic E-state index is 12.6. The van der Waals surface area contributed by atoms with Gasteiger partial charge in [0, 0.05) is 29.6 Å². The molecule has 4 rings (SSSR count). The van der Waals surface area contributed by atoms with Gasteiger partial charge in [0.2, 0.25) is 11.7 Å². The van der Waals surface area contributed by atoms with Crippen LogP contribution in [0.25, 0.3) is 11.3 Å². The number of thioether (sulfide) groups is 1. The van der Waals surface area contributed by atoms with Crippen molar-refractivity contribution in [3.8, 4) is 34.6 Å². The molecule has 44 heavy (non-hydrogen) atoms. The van der Waals surface area contributed by atoms with Gasteiger partial charge >= 0.3 is 6.03 Å². The zero-order valence-corrected chi connectivity index (χ0v) is 24.3. The number of nitrogens with zero attached hydrogens (tertiary/aromatic N) is 5. The van der Waals surface area contributed by atoms with Gasteiger partial charge in [0.15, 0.2) is 22.5 Å². The van der Waals surface area contributed by atoms with Gasteiger partial charge in [-0.15, -0.1) is 0 Å². The van der Waals surface area contributed by atoms with Gasteiger partial charge < -0.3 is 19.5 Å². The Labute approximate surface area is 254 Å². The lowest BCUT2D eigenvalue weighted by Gasteiger charge is -2.16. The van der Waals surface area contributed by atoms with E-state index in [2.05, 4.69) is 37.0 Å². The van der Waals surface area contributed by atoms with Crippen LogP contribution < -0.4 is 30.2 Å². The SMILES string of the molecule is COc1cc(-c2nc(SCC(=O)NC(=O)Nc3ccccn3)nc(Nc3cccc([N+](=O)[O-])c3)c2C#N)cc(OC)c1OC. The Morgan fingerprint density at radius 2 is 1.77 bits per heavy atom. The van der Waals surface area contributed by atoms with Gasteiger partial charge in [0.1, 0.15) is 17.5 Å². The lowest BCUT2D eigenvalue weighted by molar-refractivity contribution is -0.384. The number of urea groups is 1. The fourth-order valence-electron chi connectivity index (χ4n) is 3.84. The quantitative estimate of drug-likeness (QED) is 0.0918. The first-order chi connectivity index (χ1) is 21.3. The maximum absolute atomic E-state index is 12.6. The third-order valence-electron chi connectivity index (χ3n) is 5.75. The van der Waals surface area contributed by atoms with Crippen LogP contribution in [0.5, 0.6) is 17.2 Å². The summed E-state index contributed by atoms with van der Waals surface area (Å²) in [4.78, 5) is 48.4. The van der Waals surface area contributed by atoms with E-state index in [9.17, 15) is 25.0 Å². The minimum absolute atomic E-state index is 0.00526. The molecule has 224 valence electrons. The van der Waals surface area contributed by atoms with Crippen LogP contribution in [0.3, 0.4) is 0 Å². The first-order valence-corrected chi connectivity index (χ1v) is 13.5. The van der Waals surface area contributed by atoms with Gasteiger partial charge in [-0.25, -0.2) is 19.7 Å². The number of benzene rings is 2. The number of rotatable bonds is 11. The van der Waals surface area contributed by atoms with Gasteiger partial charge in [0.25, 0.3) is 5.69 Å². The zero-order valence-electron chi connectivity index (χ0n) is 23.5. The number of nitriles is 1. The summed E-state index contributed by atoms with van der Waals surface area (Å²) in [6.45, 7) is 0. The van der Waals surface area contributed by atoms with Crippen molar-refractivity contribution < 1.29 is 28.7 Å². The number of imide groups is 1. The number of carbonyl (C=O) groups is 2. The first kappa shape index (κ1) is 31.0. The average molecular weight is 617 g/mol. The number of pyridine rings is 1. The van der Waals surface area contributed by atoms with Crippen molar-refractivity contribution in [1.82, 2.24) is 20.3 Å². The average Bonchev–Trinajstić information content (AvgIpc) is 3.03. The molecule has 0 unspecified atom stereocenters. The summed E-state index contributed by atoms with van der Waals surface area (Å²) >= 11 is 0.890. The Morgan fingerprint density at radius 1 is 1.02 bits per heavy atom. The van der Waals surface area contributed by atoms with Crippen molar-refractivity contribution >= 4 is 46.7 Å². The van der Waals surface area contributed by atoms with Crippen molar-refractivity contribution in [3.05, 3.63) is 76.5 Å². The van der Waals surface area contributed by atoms with E-state index in [0.29, 0.717) is 22.8 Å². The molecule has 0 spiro atoms. The fourth-order valence-corrected chi connectivity index (χ4v) is 4.48. The van der Waals surface area contributed by atoms with E-state index >= 15 is 0 Å². The molecule has 2 aromatic carbocycles. The minimum atomic E-state index is -0.777. The van der Waals surface area contributed by atoms with E-state index in [1.165, 1.54) is 45.7 Å². The minimum Gasteiger partial charge on any atom is -0.493 e. The van der Waals surface area contributed by atoms with E-state index in [-0.39, 0.29) is 45.2 Å². The molecule has 3 N–H and O–H groups in total. The van der Waals surface area contributed by atoms with Crippen LogP contribution in [-0.4, -0.2) is 58.9 Å². The normalized spacial score (nSPS) is 10.2. The van der Waals surface area contributed by atoms with Gasteiger partial charge in [-0.2, -0.15) is 5.26 Å². The topological polar surface area (TPSA) is 204 Å². The molecule has 0 saturated carbocycles. The molecule has 15 nitrogen and oxygen atoms in total. The number of aromatic nitrogens is 3. The summed E-state index contributed by atoms with van der Waals surface area (Å²) in [6.07, 6.45) is 1.49. The monoisotopic (exact) mass is 616 g/mol. The van der Waals surface area contributed by atoms with Gasteiger partial charge in [-0.3, -0.25) is 25.5 Å². The standard InChI is InChI=1S/C28H24N8O7S/c1-41-20-11-16(12-21(42-2)25(20)43-3)24-19(14-29)26(31-17-7-6-8-18(13-17)36(39)40)35-28(34-24)44-15-23(37)33-27(38)32-22-9-4-5-10-30-22/h4-13H,15H2,1-3H3,(H,31,34,35)(H2,30,32,33,37,38). The molecule has 0 saturated heterocycles. The largest absolute Gasteiger partial charge is 0.493 e. The number of nitro benzene ring substituents is 1. The number of non-ortho nitro benzene ring substituents is 1. The number of ether oxygens (including phenoxy) is 3. The zero-order chi connectivity index (χ0) is 31.6. The molecule has 0 bridgehead atoms. The number of hydrogen-bond acceptors (Lipinski definition) is 13. The van der Waals surface area contributed by atoms with Gasteiger partial charge in [-0.05, 0) is 30.3 Å². The number of nitro groups is 1. The molecule has 0 atom stereocenters.